The molecule has 1 rings (SSSR count). The summed E-state index contributed by atoms with van der Waals surface area (Å²) in [6, 6.07) is 0. The van der Waals surface area contributed by atoms with Crippen molar-refractivity contribution >= 4 is 0 Å². The Morgan fingerprint density at radius 1 is 0.179 bits per heavy atom. The number of ether oxygens (including phenoxy) is 7. The largest absolute Gasteiger partial charge is 0.381 e. The van der Waals surface area contributed by atoms with E-state index in [4.69, 9.17) is 33.2 Å². The molecule has 0 aromatic rings. The molecule has 1 saturated heterocycles. The van der Waals surface area contributed by atoms with Crippen LogP contribution >= 0.6 is 0 Å². The summed E-state index contributed by atoms with van der Waals surface area (Å²) in [6.07, 6.45) is 6.52. The maximum Gasteiger partial charge on any atom is 0.0488 e. The van der Waals surface area contributed by atoms with Crippen LogP contribution in [0, 0.1) is 0 Å². The molecule has 1 heterocycles. The molecule has 1 aliphatic heterocycles. The first kappa shape index (κ1) is 25.8. The minimum absolute atomic E-state index is 0.744. The fourth-order valence-electron chi connectivity index (χ4n) is 2.56. The topological polar surface area (TPSA) is 64.6 Å². The second kappa shape index (κ2) is 23.0. The lowest BCUT2D eigenvalue weighted by Gasteiger charge is -2.08. The zero-order valence-electron chi connectivity index (χ0n) is 17.7. The Bertz CT molecular complexity index is 157. The highest BCUT2D eigenvalue weighted by Gasteiger charge is 1.96. The monoisotopic (exact) mass is 406 g/mol. The van der Waals surface area contributed by atoms with Gasteiger partial charge in [-0.3, -0.25) is 0 Å². The van der Waals surface area contributed by atoms with Crippen molar-refractivity contribution in [3.63, 3.8) is 0 Å². The van der Waals surface area contributed by atoms with Gasteiger partial charge in [-0.25, -0.2) is 0 Å². The molecule has 0 radical (unpaired) electrons. The molecule has 0 N–H and O–H groups in total. The van der Waals surface area contributed by atoms with Gasteiger partial charge >= 0.3 is 0 Å². The highest BCUT2D eigenvalue weighted by Crippen LogP contribution is 1.95. The number of hydrogen-bond donors (Lipinski definition) is 0. The molecule has 7 nitrogen and oxygen atoms in total. The standard InChI is InChI=1S/C21H42O7/c1-8-22-10-2-12-24-14-4-16-26-18-6-20-28-21-7-19-27-17-5-15-25-13-3-11-23-9-1/h1-21H2. The summed E-state index contributed by atoms with van der Waals surface area (Å²) in [7, 11) is 0. The molecule has 0 unspecified atom stereocenters. The van der Waals surface area contributed by atoms with Crippen LogP contribution in [0.15, 0.2) is 0 Å². The lowest BCUT2D eigenvalue weighted by Crippen LogP contribution is -2.09. The van der Waals surface area contributed by atoms with Crippen LogP contribution in [0.4, 0.5) is 0 Å². The van der Waals surface area contributed by atoms with Crippen molar-refractivity contribution in [3.05, 3.63) is 0 Å². The SMILES string of the molecule is C1COCCCOCCCOCCCOCCCOCCCOCCCOC1. The van der Waals surface area contributed by atoms with Crippen LogP contribution in [-0.2, 0) is 33.2 Å². The Balaban J connectivity index is 2.00. The van der Waals surface area contributed by atoms with Crippen molar-refractivity contribution in [1.82, 2.24) is 0 Å². The van der Waals surface area contributed by atoms with E-state index < -0.39 is 0 Å². The minimum Gasteiger partial charge on any atom is -0.381 e. The first-order valence-corrected chi connectivity index (χ1v) is 11.0. The first-order valence-electron chi connectivity index (χ1n) is 11.0. The van der Waals surface area contributed by atoms with Crippen molar-refractivity contribution in [2.75, 3.05) is 92.5 Å². The molecule has 0 spiro atoms. The zero-order chi connectivity index (χ0) is 19.8. The van der Waals surface area contributed by atoms with Gasteiger partial charge in [0, 0.05) is 92.5 Å². The van der Waals surface area contributed by atoms with Gasteiger partial charge in [0.25, 0.3) is 0 Å². The number of hydrogen-bond acceptors (Lipinski definition) is 7. The zero-order valence-corrected chi connectivity index (χ0v) is 17.7. The van der Waals surface area contributed by atoms with E-state index in [2.05, 4.69) is 0 Å². The second-order valence-electron chi connectivity index (χ2n) is 6.76. The van der Waals surface area contributed by atoms with Crippen molar-refractivity contribution < 1.29 is 33.2 Å². The van der Waals surface area contributed by atoms with E-state index in [0.29, 0.717) is 0 Å². The van der Waals surface area contributed by atoms with E-state index >= 15 is 0 Å². The maximum absolute atomic E-state index is 5.58. The van der Waals surface area contributed by atoms with Crippen LogP contribution in [-0.4, -0.2) is 92.5 Å². The summed E-state index contributed by atoms with van der Waals surface area (Å²) < 4.78 is 39.1. The molecule has 0 aromatic carbocycles. The lowest BCUT2D eigenvalue weighted by molar-refractivity contribution is 0.0372. The van der Waals surface area contributed by atoms with E-state index in [-0.39, 0.29) is 0 Å². The van der Waals surface area contributed by atoms with E-state index in [9.17, 15) is 0 Å². The lowest BCUT2D eigenvalue weighted by atomic mass is 10.4. The van der Waals surface area contributed by atoms with Crippen molar-refractivity contribution in [2.24, 2.45) is 0 Å². The van der Waals surface area contributed by atoms with Gasteiger partial charge in [0.1, 0.15) is 0 Å². The Hall–Kier alpha value is -0.280. The van der Waals surface area contributed by atoms with Gasteiger partial charge < -0.3 is 33.2 Å². The fourth-order valence-corrected chi connectivity index (χ4v) is 2.56. The number of rotatable bonds is 0. The van der Waals surface area contributed by atoms with Crippen LogP contribution in [0.2, 0.25) is 0 Å². The Labute approximate surface area is 171 Å². The average molecular weight is 407 g/mol. The summed E-state index contributed by atoms with van der Waals surface area (Å²) in [5, 5.41) is 0. The predicted octanol–water partition coefficient (Wildman–Crippen LogP) is 2.85. The van der Waals surface area contributed by atoms with Crippen molar-refractivity contribution in [1.29, 1.82) is 0 Å². The molecule has 0 aliphatic carbocycles. The minimum atomic E-state index is 0.744. The van der Waals surface area contributed by atoms with Crippen molar-refractivity contribution in [3.8, 4) is 0 Å². The predicted molar refractivity (Wildman–Crippen MR) is 108 cm³/mol. The van der Waals surface area contributed by atoms with Crippen LogP contribution in [0.3, 0.4) is 0 Å². The second-order valence-corrected chi connectivity index (χ2v) is 6.76. The van der Waals surface area contributed by atoms with E-state index in [1.807, 2.05) is 0 Å². The molecule has 1 aliphatic rings. The third-order valence-electron chi connectivity index (χ3n) is 4.04. The summed E-state index contributed by atoms with van der Waals surface area (Å²) in [5.41, 5.74) is 0. The van der Waals surface area contributed by atoms with Crippen LogP contribution < -0.4 is 0 Å². The van der Waals surface area contributed by atoms with Crippen LogP contribution in [0.5, 0.6) is 0 Å². The summed E-state index contributed by atoms with van der Waals surface area (Å²) in [6.45, 7) is 10.4. The Kier molecular flexibility index (Phi) is 21.2. The molecular formula is C21H42O7. The third-order valence-corrected chi connectivity index (χ3v) is 4.04. The molecular weight excluding hydrogens is 364 g/mol. The third kappa shape index (κ3) is 20.5. The van der Waals surface area contributed by atoms with Crippen LogP contribution in [0.1, 0.15) is 44.9 Å². The fraction of sp³-hybridized carbons (Fsp3) is 1.00. The van der Waals surface area contributed by atoms with Gasteiger partial charge in [-0.2, -0.15) is 0 Å². The van der Waals surface area contributed by atoms with Gasteiger partial charge in [-0.15, -0.1) is 0 Å². The molecule has 7 heteroatoms. The Morgan fingerprint density at radius 2 is 0.286 bits per heavy atom. The molecule has 168 valence electrons. The van der Waals surface area contributed by atoms with Crippen molar-refractivity contribution in [2.45, 2.75) is 44.9 Å². The molecule has 1 fully saturated rings. The van der Waals surface area contributed by atoms with E-state index in [1.165, 1.54) is 0 Å². The molecule has 28 heavy (non-hydrogen) atoms. The summed E-state index contributed by atoms with van der Waals surface area (Å²) in [5.74, 6) is 0. The highest BCUT2D eigenvalue weighted by atomic mass is 16.5. The normalized spacial score (nSPS) is 24.0. The van der Waals surface area contributed by atoms with Gasteiger partial charge in [-0.1, -0.05) is 0 Å². The van der Waals surface area contributed by atoms with Gasteiger partial charge in [0.05, 0.1) is 0 Å². The summed E-state index contributed by atoms with van der Waals surface area (Å²) >= 11 is 0. The molecule has 0 saturated carbocycles. The molecule has 0 aromatic heterocycles. The smallest absolute Gasteiger partial charge is 0.0488 e. The maximum atomic E-state index is 5.58. The van der Waals surface area contributed by atoms with Gasteiger partial charge in [0.15, 0.2) is 0 Å². The quantitative estimate of drug-likeness (QED) is 0.613. The Morgan fingerprint density at radius 3 is 0.393 bits per heavy atom. The molecule has 0 bridgehead atoms. The van der Waals surface area contributed by atoms with E-state index in [1.54, 1.807) is 0 Å². The van der Waals surface area contributed by atoms with Crippen LogP contribution in [0.25, 0.3) is 0 Å². The first-order chi connectivity index (χ1) is 14.0. The highest BCUT2D eigenvalue weighted by molar-refractivity contribution is 4.43. The molecule has 0 atom stereocenters. The van der Waals surface area contributed by atoms with Gasteiger partial charge in [-0.05, 0) is 44.9 Å². The van der Waals surface area contributed by atoms with Gasteiger partial charge in [0.2, 0.25) is 0 Å². The average Bonchev–Trinajstić information content (AvgIpc) is 2.71. The summed E-state index contributed by atoms with van der Waals surface area (Å²) in [4.78, 5) is 0. The van der Waals surface area contributed by atoms with E-state index in [0.717, 1.165) is 137 Å². The molecule has 0 amide bonds.